The number of amides is 1. The zero-order valence-corrected chi connectivity index (χ0v) is 16.9. The molecular weight excluding hydrogens is 387 g/mol. The number of pyridine rings is 1. The van der Waals surface area contributed by atoms with Crippen molar-refractivity contribution in [3.05, 3.63) is 62.0 Å². The van der Waals surface area contributed by atoms with Gasteiger partial charge >= 0.3 is 0 Å². The highest BCUT2D eigenvalue weighted by Gasteiger charge is 2.27. The average molecular weight is 409 g/mol. The Balaban J connectivity index is 1.54. The first-order chi connectivity index (χ1) is 12.8. The third-order valence-electron chi connectivity index (χ3n) is 4.90. The van der Waals surface area contributed by atoms with Crippen LogP contribution in [0.3, 0.4) is 0 Å². The second kappa shape index (κ2) is 8.36. The van der Waals surface area contributed by atoms with E-state index < -0.39 is 0 Å². The molecule has 2 heterocycles. The van der Waals surface area contributed by atoms with Gasteiger partial charge in [-0.1, -0.05) is 29.3 Å². The van der Waals surface area contributed by atoms with E-state index in [1.165, 1.54) is 6.07 Å². The molecule has 1 aliphatic heterocycles. The van der Waals surface area contributed by atoms with E-state index in [4.69, 9.17) is 27.9 Å². The van der Waals surface area contributed by atoms with Gasteiger partial charge in [0.15, 0.2) is 0 Å². The third-order valence-corrected chi connectivity index (χ3v) is 5.49. The van der Waals surface area contributed by atoms with E-state index >= 15 is 0 Å². The van der Waals surface area contributed by atoms with E-state index in [0.717, 1.165) is 17.7 Å². The lowest BCUT2D eigenvalue weighted by Gasteiger charge is -2.18. The van der Waals surface area contributed by atoms with Crippen molar-refractivity contribution in [2.45, 2.75) is 32.3 Å². The molecule has 27 heavy (non-hydrogen) atoms. The van der Waals surface area contributed by atoms with Crippen LogP contribution in [0.25, 0.3) is 0 Å². The summed E-state index contributed by atoms with van der Waals surface area (Å²) in [4.78, 5) is 26.2. The highest BCUT2D eigenvalue weighted by atomic mass is 35.5. The fourth-order valence-electron chi connectivity index (χ4n) is 3.17. The summed E-state index contributed by atoms with van der Waals surface area (Å²) >= 11 is 12.1. The summed E-state index contributed by atoms with van der Waals surface area (Å²) in [6, 6.07) is 8.65. The maximum atomic E-state index is 12.5. The Labute approximate surface area is 168 Å². The van der Waals surface area contributed by atoms with Crippen molar-refractivity contribution in [3.8, 4) is 5.75 Å². The van der Waals surface area contributed by atoms with Crippen LogP contribution in [0.1, 0.15) is 24.1 Å². The highest BCUT2D eigenvalue weighted by Crippen LogP contribution is 2.23. The lowest BCUT2D eigenvalue weighted by atomic mass is 10.1. The van der Waals surface area contributed by atoms with Crippen molar-refractivity contribution in [3.63, 3.8) is 0 Å². The minimum Gasteiger partial charge on any atom is -0.488 e. The fourth-order valence-corrected chi connectivity index (χ4v) is 3.68. The number of hydrogen-bond donors (Lipinski definition) is 0. The van der Waals surface area contributed by atoms with Gasteiger partial charge in [-0.15, -0.1) is 0 Å². The molecule has 0 spiro atoms. The van der Waals surface area contributed by atoms with Crippen molar-refractivity contribution in [2.75, 3.05) is 13.1 Å². The number of carbonyl (C=O) groups excluding carboxylic acids is 1. The molecule has 2 aromatic rings. The molecule has 7 heteroatoms. The number of carbonyl (C=O) groups is 1. The molecule has 3 rings (SSSR count). The molecule has 1 saturated heterocycles. The van der Waals surface area contributed by atoms with Gasteiger partial charge < -0.3 is 14.2 Å². The molecule has 0 bridgehead atoms. The van der Waals surface area contributed by atoms with Crippen LogP contribution in [0.5, 0.6) is 5.75 Å². The second-order valence-corrected chi connectivity index (χ2v) is 7.68. The number of aryl methyl sites for hydroxylation is 2. The Kier molecular flexibility index (Phi) is 6.12. The standard InChI is InChI=1S/C20H22Cl2N2O3/c1-13-9-17(11-20(26)23(13)2)27-16-7-8-24(12-16)19(25)6-4-14-3-5-15(21)10-18(14)22/h3,5,9-11,16H,4,6-8,12H2,1-2H3. The predicted molar refractivity (Wildman–Crippen MR) is 107 cm³/mol. The maximum Gasteiger partial charge on any atom is 0.254 e. The molecule has 0 aliphatic carbocycles. The van der Waals surface area contributed by atoms with Crippen LogP contribution in [0.4, 0.5) is 0 Å². The number of benzene rings is 1. The van der Waals surface area contributed by atoms with Crippen molar-refractivity contribution in [1.82, 2.24) is 9.47 Å². The Morgan fingerprint density at radius 2 is 2.04 bits per heavy atom. The SMILES string of the molecule is Cc1cc(OC2CCN(C(=O)CCc3ccc(Cl)cc3Cl)C2)cc(=O)n1C. The largest absolute Gasteiger partial charge is 0.488 e. The number of rotatable bonds is 5. The molecule has 0 N–H and O–H groups in total. The minimum absolute atomic E-state index is 0.0762. The van der Waals surface area contributed by atoms with Gasteiger partial charge in [0.05, 0.1) is 6.54 Å². The number of halogens is 2. The molecule has 1 amide bonds. The summed E-state index contributed by atoms with van der Waals surface area (Å²) in [6.45, 7) is 3.05. The van der Waals surface area contributed by atoms with Crippen molar-refractivity contribution in [1.29, 1.82) is 0 Å². The average Bonchev–Trinajstić information content (AvgIpc) is 3.07. The third kappa shape index (κ3) is 4.85. The van der Waals surface area contributed by atoms with Crippen LogP contribution in [-0.4, -0.2) is 34.6 Å². The van der Waals surface area contributed by atoms with Gasteiger partial charge in [-0.05, 0) is 37.1 Å². The van der Waals surface area contributed by atoms with Crippen LogP contribution < -0.4 is 10.3 Å². The Morgan fingerprint density at radius 1 is 1.26 bits per heavy atom. The maximum absolute atomic E-state index is 12.5. The molecule has 1 aromatic heterocycles. The van der Waals surface area contributed by atoms with Crippen molar-refractivity contribution >= 4 is 29.1 Å². The fraction of sp³-hybridized carbons (Fsp3) is 0.400. The Bertz CT molecular complexity index is 911. The van der Waals surface area contributed by atoms with Gasteiger partial charge in [0.1, 0.15) is 11.9 Å². The highest BCUT2D eigenvalue weighted by molar-refractivity contribution is 6.35. The Morgan fingerprint density at radius 3 is 2.74 bits per heavy atom. The Hall–Kier alpha value is -1.98. The summed E-state index contributed by atoms with van der Waals surface area (Å²) in [6.07, 6.45) is 1.62. The van der Waals surface area contributed by atoms with E-state index in [1.54, 1.807) is 23.7 Å². The summed E-state index contributed by atoms with van der Waals surface area (Å²) < 4.78 is 7.49. The van der Waals surface area contributed by atoms with Gasteiger partial charge in [-0.3, -0.25) is 9.59 Å². The quantitative estimate of drug-likeness (QED) is 0.758. The van der Waals surface area contributed by atoms with E-state index in [-0.39, 0.29) is 17.6 Å². The molecule has 1 aromatic carbocycles. The number of hydrogen-bond acceptors (Lipinski definition) is 3. The van der Waals surface area contributed by atoms with Crippen LogP contribution in [0, 0.1) is 6.92 Å². The van der Waals surface area contributed by atoms with E-state index in [1.807, 2.05) is 24.0 Å². The normalized spacial score (nSPS) is 16.6. The topological polar surface area (TPSA) is 51.5 Å². The van der Waals surface area contributed by atoms with Crippen LogP contribution >= 0.6 is 23.2 Å². The lowest BCUT2D eigenvalue weighted by molar-refractivity contribution is -0.130. The number of ether oxygens (including phenoxy) is 1. The van der Waals surface area contributed by atoms with Crippen molar-refractivity contribution in [2.24, 2.45) is 7.05 Å². The predicted octanol–water partition coefficient (Wildman–Crippen LogP) is 3.61. The molecule has 1 atom stereocenters. The van der Waals surface area contributed by atoms with E-state index in [0.29, 0.717) is 41.7 Å². The molecule has 1 fully saturated rings. The van der Waals surface area contributed by atoms with Crippen LogP contribution in [0.2, 0.25) is 10.0 Å². The second-order valence-electron chi connectivity index (χ2n) is 6.83. The number of nitrogens with zero attached hydrogens (tertiary/aromatic N) is 2. The molecule has 5 nitrogen and oxygen atoms in total. The smallest absolute Gasteiger partial charge is 0.254 e. The van der Waals surface area contributed by atoms with Crippen LogP contribution in [0.15, 0.2) is 35.1 Å². The molecule has 1 aliphatic rings. The first-order valence-corrected chi connectivity index (χ1v) is 9.65. The summed E-state index contributed by atoms with van der Waals surface area (Å²) in [5, 5.41) is 1.17. The summed E-state index contributed by atoms with van der Waals surface area (Å²) in [5.41, 5.74) is 1.65. The van der Waals surface area contributed by atoms with Gasteiger partial charge in [0.25, 0.3) is 5.56 Å². The van der Waals surface area contributed by atoms with Crippen LogP contribution in [-0.2, 0) is 18.3 Å². The molecule has 1 unspecified atom stereocenters. The van der Waals surface area contributed by atoms with Gasteiger partial charge in [0, 0.05) is 48.2 Å². The van der Waals surface area contributed by atoms with Gasteiger partial charge in [-0.2, -0.15) is 0 Å². The molecule has 0 saturated carbocycles. The van der Waals surface area contributed by atoms with Gasteiger partial charge in [0.2, 0.25) is 5.91 Å². The van der Waals surface area contributed by atoms with Crippen molar-refractivity contribution < 1.29 is 9.53 Å². The first-order valence-electron chi connectivity index (χ1n) is 8.89. The van der Waals surface area contributed by atoms with Gasteiger partial charge in [-0.25, -0.2) is 0 Å². The molecule has 0 radical (unpaired) electrons. The summed E-state index contributed by atoms with van der Waals surface area (Å²) in [7, 11) is 1.73. The molecular formula is C20H22Cl2N2O3. The van der Waals surface area contributed by atoms with E-state index in [2.05, 4.69) is 0 Å². The number of likely N-dealkylation sites (tertiary alicyclic amines) is 1. The zero-order valence-electron chi connectivity index (χ0n) is 15.4. The zero-order chi connectivity index (χ0) is 19.6. The monoisotopic (exact) mass is 408 g/mol. The summed E-state index contributed by atoms with van der Waals surface area (Å²) in [5.74, 6) is 0.634. The molecule has 144 valence electrons. The van der Waals surface area contributed by atoms with E-state index in [9.17, 15) is 9.59 Å². The number of aromatic nitrogens is 1. The lowest BCUT2D eigenvalue weighted by Crippen LogP contribution is -2.31. The first kappa shape index (κ1) is 19.8. The minimum atomic E-state index is -0.101.